The lowest BCUT2D eigenvalue weighted by molar-refractivity contribution is 0.220. The molecule has 0 fully saturated rings. The zero-order valence-corrected chi connectivity index (χ0v) is 9.06. The standard InChI is InChI=1S/C10H15NOS/c1-7-4-8(2)11-10(5-7)13-6-9(3)12/h4-5,9,12H,6H2,1-3H3. The van der Waals surface area contributed by atoms with Crippen LogP contribution in [0.4, 0.5) is 0 Å². The molecule has 0 aromatic carbocycles. The van der Waals surface area contributed by atoms with Gasteiger partial charge in [-0.3, -0.25) is 0 Å². The zero-order chi connectivity index (χ0) is 9.84. The summed E-state index contributed by atoms with van der Waals surface area (Å²) in [6.07, 6.45) is -0.271. The Morgan fingerprint density at radius 1 is 1.46 bits per heavy atom. The SMILES string of the molecule is Cc1cc(C)nc(SCC(C)O)c1. The van der Waals surface area contributed by atoms with Crippen LogP contribution in [0.25, 0.3) is 0 Å². The molecule has 1 heterocycles. The first kappa shape index (κ1) is 10.5. The predicted octanol–water partition coefficient (Wildman–Crippen LogP) is 2.17. The van der Waals surface area contributed by atoms with Gasteiger partial charge in [0.15, 0.2) is 0 Å². The number of hydrogen-bond donors (Lipinski definition) is 1. The average molecular weight is 197 g/mol. The van der Waals surface area contributed by atoms with Gasteiger partial charge in [-0.25, -0.2) is 4.98 Å². The van der Waals surface area contributed by atoms with E-state index in [0.29, 0.717) is 5.75 Å². The van der Waals surface area contributed by atoms with Crippen LogP contribution in [0.3, 0.4) is 0 Å². The topological polar surface area (TPSA) is 33.1 Å². The number of rotatable bonds is 3. The number of hydrogen-bond acceptors (Lipinski definition) is 3. The van der Waals surface area contributed by atoms with Gasteiger partial charge in [-0.05, 0) is 38.5 Å². The van der Waals surface area contributed by atoms with Crippen molar-refractivity contribution in [2.45, 2.75) is 31.9 Å². The summed E-state index contributed by atoms with van der Waals surface area (Å²) < 4.78 is 0. The molecule has 0 saturated carbocycles. The second-order valence-electron chi connectivity index (χ2n) is 3.28. The lowest BCUT2D eigenvalue weighted by Gasteiger charge is -2.05. The molecule has 0 saturated heterocycles. The van der Waals surface area contributed by atoms with E-state index < -0.39 is 0 Å². The smallest absolute Gasteiger partial charge is 0.0966 e. The second kappa shape index (κ2) is 4.63. The first-order chi connectivity index (χ1) is 6.08. The van der Waals surface area contributed by atoms with Crippen molar-refractivity contribution in [2.75, 3.05) is 5.75 Å². The average Bonchev–Trinajstić information content (AvgIpc) is 1.99. The highest BCUT2D eigenvalue weighted by Gasteiger charge is 2.01. The van der Waals surface area contributed by atoms with Crippen LogP contribution in [0.15, 0.2) is 17.2 Å². The molecule has 0 aliphatic carbocycles. The number of pyridine rings is 1. The first-order valence-electron chi connectivity index (χ1n) is 4.34. The van der Waals surface area contributed by atoms with Crippen molar-refractivity contribution in [3.05, 3.63) is 23.4 Å². The van der Waals surface area contributed by atoms with E-state index in [4.69, 9.17) is 5.11 Å². The summed E-state index contributed by atoms with van der Waals surface area (Å²) in [4.78, 5) is 4.36. The molecule has 1 aromatic heterocycles. The minimum Gasteiger partial charge on any atom is -0.393 e. The monoisotopic (exact) mass is 197 g/mol. The highest BCUT2D eigenvalue weighted by atomic mass is 32.2. The summed E-state index contributed by atoms with van der Waals surface area (Å²) in [6.45, 7) is 5.83. The van der Waals surface area contributed by atoms with E-state index in [1.165, 1.54) is 5.56 Å². The molecule has 1 rings (SSSR count). The summed E-state index contributed by atoms with van der Waals surface area (Å²) in [7, 11) is 0. The lowest BCUT2D eigenvalue weighted by atomic mass is 10.3. The number of aromatic nitrogens is 1. The van der Waals surface area contributed by atoms with Gasteiger partial charge < -0.3 is 5.11 Å². The van der Waals surface area contributed by atoms with Crippen LogP contribution in [-0.2, 0) is 0 Å². The third-order valence-corrected chi connectivity index (χ3v) is 2.70. The minimum atomic E-state index is -0.271. The molecular weight excluding hydrogens is 182 g/mol. The summed E-state index contributed by atoms with van der Waals surface area (Å²) in [5.41, 5.74) is 2.26. The fourth-order valence-corrected chi connectivity index (χ4v) is 1.97. The van der Waals surface area contributed by atoms with Crippen LogP contribution in [-0.4, -0.2) is 21.9 Å². The van der Waals surface area contributed by atoms with Crippen LogP contribution < -0.4 is 0 Å². The summed E-state index contributed by atoms with van der Waals surface area (Å²) in [5, 5.41) is 10.1. The maximum absolute atomic E-state index is 9.10. The first-order valence-corrected chi connectivity index (χ1v) is 5.32. The van der Waals surface area contributed by atoms with Crippen molar-refractivity contribution in [1.29, 1.82) is 0 Å². The Hall–Kier alpha value is -0.540. The molecule has 13 heavy (non-hydrogen) atoms. The van der Waals surface area contributed by atoms with Gasteiger partial charge in [-0.1, -0.05) is 0 Å². The second-order valence-corrected chi connectivity index (χ2v) is 4.32. The molecule has 3 heteroatoms. The van der Waals surface area contributed by atoms with Crippen molar-refractivity contribution >= 4 is 11.8 Å². The Morgan fingerprint density at radius 3 is 2.69 bits per heavy atom. The molecule has 0 radical (unpaired) electrons. The van der Waals surface area contributed by atoms with E-state index in [1.54, 1.807) is 18.7 Å². The normalized spacial score (nSPS) is 12.9. The molecule has 0 aliphatic heterocycles. The molecule has 1 N–H and O–H groups in total. The van der Waals surface area contributed by atoms with Gasteiger partial charge in [0, 0.05) is 11.4 Å². The molecule has 0 amide bonds. The van der Waals surface area contributed by atoms with E-state index in [2.05, 4.69) is 11.9 Å². The minimum absolute atomic E-state index is 0.271. The molecule has 1 aromatic rings. The molecule has 0 bridgehead atoms. The Labute approximate surface area is 83.4 Å². The molecule has 1 atom stereocenters. The van der Waals surface area contributed by atoms with Gasteiger partial charge in [0.2, 0.25) is 0 Å². The maximum atomic E-state index is 9.10. The number of nitrogens with zero attached hydrogens (tertiary/aromatic N) is 1. The van der Waals surface area contributed by atoms with Crippen molar-refractivity contribution in [3.63, 3.8) is 0 Å². The Balaban J connectivity index is 2.66. The van der Waals surface area contributed by atoms with E-state index in [9.17, 15) is 0 Å². The number of aryl methyl sites for hydroxylation is 2. The Kier molecular flexibility index (Phi) is 3.75. The van der Waals surface area contributed by atoms with Gasteiger partial charge >= 0.3 is 0 Å². The van der Waals surface area contributed by atoms with E-state index in [0.717, 1.165) is 10.7 Å². The van der Waals surface area contributed by atoms with Crippen LogP contribution >= 0.6 is 11.8 Å². The van der Waals surface area contributed by atoms with Crippen LogP contribution in [0, 0.1) is 13.8 Å². The molecule has 2 nitrogen and oxygen atoms in total. The fraction of sp³-hybridized carbons (Fsp3) is 0.500. The molecule has 1 unspecified atom stereocenters. The molecule has 0 spiro atoms. The summed E-state index contributed by atoms with van der Waals surface area (Å²) >= 11 is 1.60. The van der Waals surface area contributed by atoms with Gasteiger partial charge in [0.25, 0.3) is 0 Å². The van der Waals surface area contributed by atoms with E-state index in [-0.39, 0.29) is 6.10 Å². The van der Waals surface area contributed by atoms with Crippen molar-refractivity contribution in [1.82, 2.24) is 4.98 Å². The summed E-state index contributed by atoms with van der Waals surface area (Å²) in [6, 6.07) is 4.09. The third-order valence-electron chi connectivity index (χ3n) is 1.55. The Morgan fingerprint density at radius 2 is 2.15 bits per heavy atom. The highest BCUT2D eigenvalue weighted by Crippen LogP contribution is 2.18. The number of thioether (sulfide) groups is 1. The van der Waals surface area contributed by atoms with Crippen molar-refractivity contribution in [3.8, 4) is 0 Å². The molecule has 72 valence electrons. The van der Waals surface area contributed by atoms with E-state index >= 15 is 0 Å². The van der Waals surface area contributed by atoms with Gasteiger partial charge in [0.1, 0.15) is 0 Å². The number of aliphatic hydroxyl groups is 1. The van der Waals surface area contributed by atoms with E-state index in [1.807, 2.05) is 19.1 Å². The van der Waals surface area contributed by atoms with Crippen LogP contribution in [0.2, 0.25) is 0 Å². The van der Waals surface area contributed by atoms with Crippen LogP contribution in [0.5, 0.6) is 0 Å². The van der Waals surface area contributed by atoms with Crippen molar-refractivity contribution < 1.29 is 5.11 Å². The molecule has 0 aliphatic rings. The molecular formula is C10H15NOS. The van der Waals surface area contributed by atoms with Crippen LogP contribution in [0.1, 0.15) is 18.2 Å². The largest absolute Gasteiger partial charge is 0.393 e. The highest BCUT2D eigenvalue weighted by molar-refractivity contribution is 7.99. The lowest BCUT2D eigenvalue weighted by Crippen LogP contribution is -2.03. The predicted molar refractivity (Wildman–Crippen MR) is 56.1 cm³/mol. The quantitative estimate of drug-likeness (QED) is 0.754. The van der Waals surface area contributed by atoms with Gasteiger partial charge in [-0.2, -0.15) is 0 Å². The van der Waals surface area contributed by atoms with Gasteiger partial charge in [0.05, 0.1) is 11.1 Å². The summed E-state index contributed by atoms with van der Waals surface area (Å²) in [5.74, 6) is 0.704. The van der Waals surface area contributed by atoms with Crippen molar-refractivity contribution in [2.24, 2.45) is 0 Å². The number of aliphatic hydroxyl groups excluding tert-OH is 1. The fourth-order valence-electron chi connectivity index (χ4n) is 1.08. The third kappa shape index (κ3) is 3.79. The maximum Gasteiger partial charge on any atom is 0.0966 e. The van der Waals surface area contributed by atoms with Gasteiger partial charge in [-0.15, -0.1) is 11.8 Å². The zero-order valence-electron chi connectivity index (χ0n) is 8.24. The Bertz CT molecular complexity index is 266.